The predicted octanol–water partition coefficient (Wildman–Crippen LogP) is -1.13. The van der Waals surface area contributed by atoms with Crippen LogP contribution in [0, 0.1) is 0 Å². The zero-order valence-electron chi connectivity index (χ0n) is 11.2. The minimum Gasteiger partial charge on any atom is -0.480 e. The molecule has 9 heteroatoms. The molecule has 0 spiro atoms. The Morgan fingerprint density at radius 3 is 2.42 bits per heavy atom. The number of carbonyl (C=O) groups is 2. The number of ether oxygens (including phenoxy) is 1. The molecule has 0 saturated heterocycles. The number of carbonyl (C=O) groups excluding carboxylic acids is 1. The summed E-state index contributed by atoms with van der Waals surface area (Å²) in [6.45, 7) is 2.51. The van der Waals surface area contributed by atoms with E-state index >= 15 is 0 Å². The molecule has 0 radical (unpaired) electrons. The fraction of sp³-hybridized carbons (Fsp3) is 0.800. The summed E-state index contributed by atoms with van der Waals surface area (Å²) in [6, 6.07) is -1.20. The van der Waals surface area contributed by atoms with Gasteiger partial charge in [-0.2, -0.15) is 4.31 Å². The standard InChI is InChI=1S/C10H20N2O6S/c1-8(10(14)15)12(5-4-11-9(2)13)19(16,17)7-6-18-3/h8H,4-7H2,1-3H3,(H,11,13)(H,14,15). The van der Waals surface area contributed by atoms with Crippen molar-refractivity contribution in [1.82, 2.24) is 9.62 Å². The van der Waals surface area contributed by atoms with Gasteiger partial charge in [0.15, 0.2) is 0 Å². The van der Waals surface area contributed by atoms with Crippen LogP contribution in [0.25, 0.3) is 0 Å². The molecule has 0 aromatic carbocycles. The number of nitrogens with zero attached hydrogens (tertiary/aromatic N) is 1. The van der Waals surface area contributed by atoms with E-state index in [1.807, 2.05) is 0 Å². The molecule has 19 heavy (non-hydrogen) atoms. The van der Waals surface area contributed by atoms with Crippen LogP contribution in [0.3, 0.4) is 0 Å². The van der Waals surface area contributed by atoms with Crippen LogP contribution < -0.4 is 5.32 Å². The van der Waals surface area contributed by atoms with Crippen LogP contribution in [-0.4, -0.2) is 68.3 Å². The number of aliphatic carboxylic acids is 1. The van der Waals surface area contributed by atoms with Gasteiger partial charge in [0.05, 0.1) is 12.4 Å². The van der Waals surface area contributed by atoms with Crippen molar-refractivity contribution in [2.24, 2.45) is 0 Å². The van der Waals surface area contributed by atoms with E-state index in [4.69, 9.17) is 5.11 Å². The maximum atomic E-state index is 12.0. The van der Waals surface area contributed by atoms with Crippen molar-refractivity contribution in [2.75, 3.05) is 32.6 Å². The van der Waals surface area contributed by atoms with E-state index < -0.39 is 22.0 Å². The van der Waals surface area contributed by atoms with Crippen molar-refractivity contribution in [3.8, 4) is 0 Å². The molecule has 0 heterocycles. The van der Waals surface area contributed by atoms with Crippen LogP contribution in [0.2, 0.25) is 0 Å². The summed E-state index contributed by atoms with van der Waals surface area (Å²) in [5, 5.41) is 11.4. The molecule has 1 amide bonds. The molecule has 1 atom stereocenters. The number of methoxy groups -OCH3 is 1. The Morgan fingerprint density at radius 2 is 2.00 bits per heavy atom. The number of rotatable bonds is 9. The van der Waals surface area contributed by atoms with E-state index in [2.05, 4.69) is 10.1 Å². The zero-order chi connectivity index (χ0) is 15.1. The normalized spacial score (nSPS) is 13.3. The van der Waals surface area contributed by atoms with Gasteiger partial charge in [0, 0.05) is 27.1 Å². The lowest BCUT2D eigenvalue weighted by molar-refractivity contribution is -0.140. The summed E-state index contributed by atoms with van der Waals surface area (Å²) >= 11 is 0. The average Bonchev–Trinajstić information content (AvgIpc) is 2.30. The van der Waals surface area contributed by atoms with E-state index in [1.54, 1.807) is 0 Å². The Hall–Kier alpha value is -1.19. The number of nitrogens with one attached hydrogen (secondary N) is 1. The van der Waals surface area contributed by atoms with Gasteiger partial charge in [0.25, 0.3) is 0 Å². The Morgan fingerprint density at radius 1 is 1.42 bits per heavy atom. The van der Waals surface area contributed by atoms with E-state index in [1.165, 1.54) is 21.0 Å². The second-order valence-electron chi connectivity index (χ2n) is 3.92. The van der Waals surface area contributed by atoms with Crippen molar-refractivity contribution in [3.05, 3.63) is 0 Å². The Kier molecular flexibility index (Phi) is 7.57. The van der Waals surface area contributed by atoms with Crippen molar-refractivity contribution < 1.29 is 27.9 Å². The second kappa shape index (κ2) is 8.08. The number of amides is 1. The van der Waals surface area contributed by atoms with Crippen molar-refractivity contribution in [2.45, 2.75) is 19.9 Å². The SMILES string of the molecule is COCCS(=O)(=O)N(CCNC(C)=O)C(C)C(=O)O. The van der Waals surface area contributed by atoms with Gasteiger partial charge < -0.3 is 15.2 Å². The van der Waals surface area contributed by atoms with Crippen LogP contribution in [0.4, 0.5) is 0 Å². The highest BCUT2D eigenvalue weighted by molar-refractivity contribution is 7.89. The summed E-state index contributed by atoms with van der Waals surface area (Å²) in [6.07, 6.45) is 0. The van der Waals surface area contributed by atoms with Gasteiger partial charge in [0.2, 0.25) is 15.9 Å². The number of carboxylic acid groups (broad SMARTS) is 1. The lowest BCUT2D eigenvalue weighted by atomic mass is 10.3. The first-order valence-electron chi connectivity index (χ1n) is 5.68. The highest BCUT2D eigenvalue weighted by atomic mass is 32.2. The van der Waals surface area contributed by atoms with Gasteiger partial charge in [-0.05, 0) is 6.92 Å². The highest BCUT2D eigenvalue weighted by Gasteiger charge is 2.30. The Balaban J connectivity index is 4.84. The fourth-order valence-electron chi connectivity index (χ4n) is 1.34. The number of hydrogen-bond acceptors (Lipinski definition) is 5. The summed E-state index contributed by atoms with van der Waals surface area (Å²) < 4.78 is 29.5. The minimum absolute atomic E-state index is 0.0225. The maximum absolute atomic E-state index is 12.0. The van der Waals surface area contributed by atoms with Crippen LogP contribution >= 0.6 is 0 Å². The van der Waals surface area contributed by atoms with E-state index in [0.29, 0.717) is 0 Å². The monoisotopic (exact) mass is 296 g/mol. The van der Waals surface area contributed by atoms with Gasteiger partial charge >= 0.3 is 5.97 Å². The predicted molar refractivity (Wildman–Crippen MR) is 68.2 cm³/mol. The molecule has 0 aliphatic rings. The average molecular weight is 296 g/mol. The fourth-order valence-corrected chi connectivity index (χ4v) is 2.90. The largest absolute Gasteiger partial charge is 0.480 e. The number of sulfonamides is 1. The second-order valence-corrected chi connectivity index (χ2v) is 5.96. The summed E-state index contributed by atoms with van der Waals surface area (Å²) in [4.78, 5) is 21.7. The first kappa shape index (κ1) is 17.8. The molecule has 0 aliphatic heterocycles. The van der Waals surface area contributed by atoms with Crippen molar-refractivity contribution in [1.29, 1.82) is 0 Å². The van der Waals surface area contributed by atoms with Gasteiger partial charge in [0.1, 0.15) is 6.04 Å². The first-order valence-corrected chi connectivity index (χ1v) is 7.29. The topological polar surface area (TPSA) is 113 Å². The molecular weight excluding hydrogens is 276 g/mol. The van der Waals surface area contributed by atoms with Gasteiger partial charge in [-0.25, -0.2) is 8.42 Å². The zero-order valence-corrected chi connectivity index (χ0v) is 12.1. The third-order valence-electron chi connectivity index (χ3n) is 2.40. The number of carboxylic acids is 1. The molecule has 0 rings (SSSR count). The first-order chi connectivity index (χ1) is 8.72. The third-order valence-corrected chi connectivity index (χ3v) is 4.29. The lowest BCUT2D eigenvalue weighted by Gasteiger charge is -2.25. The summed E-state index contributed by atoms with van der Waals surface area (Å²) in [7, 11) is -2.39. The molecule has 0 aliphatic carbocycles. The maximum Gasteiger partial charge on any atom is 0.321 e. The quantitative estimate of drug-likeness (QED) is 0.557. The van der Waals surface area contributed by atoms with Crippen molar-refractivity contribution in [3.63, 3.8) is 0 Å². The van der Waals surface area contributed by atoms with Gasteiger partial charge in [-0.1, -0.05) is 0 Å². The van der Waals surface area contributed by atoms with Crippen LogP contribution in [0.5, 0.6) is 0 Å². The molecule has 8 nitrogen and oxygen atoms in total. The number of hydrogen-bond donors (Lipinski definition) is 2. The molecule has 0 fully saturated rings. The highest BCUT2D eigenvalue weighted by Crippen LogP contribution is 2.08. The summed E-state index contributed by atoms with van der Waals surface area (Å²) in [5.41, 5.74) is 0. The Labute approximate surface area is 112 Å². The summed E-state index contributed by atoms with van der Waals surface area (Å²) in [5.74, 6) is -1.86. The lowest BCUT2D eigenvalue weighted by Crippen LogP contribution is -2.47. The van der Waals surface area contributed by atoms with E-state index in [0.717, 1.165) is 4.31 Å². The molecule has 0 aromatic heterocycles. The molecular formula is C10H20N2O6S. The third kappa shape index (κ3) is 6.50. The van der Waals surface area contributed by atoms with Crippen LogP contribution in [0.15, 0.2) is 0 Å². The molecule has 112 valence electrons. The molecule has 0 bridgehead atoms. The van der Waals surface area contributed by atoms with E-state index in [9.17, 15) is 18.0 Å². The molecule has 1 unspecified atom stereocenters. The van der Waals surface area contributed by atoms with Gasteiger partial charge in [-0.3, -0.25) is 9.59 Å². The van der Waals surface area contributed by atoms with Crippen LogP contribution in [-0.2, 0) is 24.3 Å². The van der Waals surface area contributed by atoms with Crippen LogP contribution in [0.1, 0.15) is 13.8 Å². The Bertz CT molecular complexity index is 408. The minimum atomic E-state index is -3.75. The molecule has 0 saturated carbocycles. The van der Waals surface area contributed by atoms with Crippen molar-refractivity contribution >= 4 is 21.9 Å². The molecule has 0 aromatic rings. The molecule has 2 N–H and O–H groups in total. The van der Waals surface area contributed by atoms with Gasteiger partial charge in [-0.15, -0.1) is 0 Å². The van der Waals surface area contributed by atoms with E-state index in [-0.39, 0.29) is 31.4 Å². The smallest absolute Gasteiger partial charge is 0.321 e.